The van der Waals surface area contributed by atoms with E-state index >= 15 is 0 Å². The van der Waals surface area contributed by atoms with Gasteiger partial charge in [0.15, 0.2) is 0 Å². The predicted octanol–water partition coefficient (Wildman–Crippen LogP) is 2.38. The second-order valence-electron chi connectivity index (χ2n) is 1.59. The van der Waals surface area contributed by atoms with Crippen LogP contribution in [0.15, 0.2) is 11.6 Å². The maximum absolute atomic E-state index is 3.71. The maximum atomic E-state index is 3.71. The minimum absolute atomic E-state index is 0.890. The van der Waals surface area contributed by atoms with E-state index in [1.165, 1.54) is 5.57 Å². The average Bonchev–Trinajstić information content (AvgIpc) is 1.68. The third-order valence-electron chi connectivity index (χ3n) is 0.887. The Labute approximate surface area is 46.2 Å². The van der Waals surface area contributed by atoms with Gasteiger partial charge in [0.2, 0.25) is 0 Å². The van der Waals surface area contributed by atoms with Crippen molar-refractivity contribution < 1.29 is 0 Å². The van der Waals surface area contributed by atoms with Gasteiger partial charge in [-0.1, -0.05) is 11.6 Å². The van der Waals surface area contributed by atoms with Crippen molar-refractivity contribution in [3.63, 3.8) is 0 Å². The Morgan fingerprint density at radius 2 is 2.14 bits per heavy atom. The summed E-state index contributed by atoms with van der Waals surface area (Å²) in [5.74, 6) is 0. The smallest absolute Gasteiger partial charge is 0.0323 e. The lowest BCUT2D eigenvalue weighted by Crippen LogP contribution is -1.68. The molecule has 0 amide bonds. The molecular formula is C7H12. The fourth-order valence-electron chi connectivity index (χ4n) is 0.348. The Hall–Kier alpha value is -0.260. The van der Waals surface area contributed by atoms with Crippen LogP contribution in [0.3, 0.4) is 0 Å². The molecule has 0 unspecified atom stereocenters. The quantitative estimate of drug-likeness (QED) is 0.463. The monoisotopic (exact) mass is 96.1 g/mol. The van der Waals surface area contributed by atoms with E-state index in [1.807, 2.05) is 0 Å². The van der Waals surface area contributed by atoms with Crippen LogP contribution >= 0.6 is 0 Å². The van der Waals surface area contributed by atoms with Crippen LogP contribution in [0.25, 0.3) is 0 Å². The molecule has 0 heterocycles. The van der Waals surface area contributed by atoms with E-state index in [0.29, 0.717) is 0 Å². The number of hydrogen-bond acceptors (Lipinski definition) is 0. The zero-order valence-electron chi connectivity index (χ0n) is 4.91. The second kappa shape index (κ2) is 3.91. The number of hydrogen-bond donors (Lipinski definition) is 0. The molecule has 0 rings (SSSR count). The fraction of sp³-hybridized carbons (Fsp3) is 0.429. The SMILES string of the molecule is [CH2]CC=C(C)C[CH2]. The van der Waals surface area contributed by atoms with Crippen molar-refractivity contribution in [1.82, 2.24) is 0 Å². The van der Waals surface area contributed by atoms with E-state index in [0.717, 1.165) is 12.8 Å². The van der Waals surface area contributed by atoms with Gasteiger partial charge in [-0.05, 0) is 33.6 Å². The molecular weight excluding hydrogens is 84.1 g/mol. The summed E-state index contributed by atoms with van der Waals surface area (Å²) in [5, 5.41) is 0. The van der Waals surface area contributed by atoms with Crippen molar-refractivity contribution in [2.45, 2.75) is 19.8 Å². The van der Waals surface area contributed by atoms with Crippen molar-refractivity contribution >= 4 is 0 Å². The van der Waals surface area contributed by atoms with Gasteiger partial charge >= 0.3 is 0 Å². The highest BCUT2D eigenvalue weighted by Gasteiger charge is 1.76. The zero-order valence-corrected chi connectivity index (χ0v) is 4.91. The normalized spacial score (nSPS) is 12.1. The molecule has 0 spiro atoms. The number of rotatable bonds is 2. The Kier molecular flexibility index (Phi) is 3.77. The summed E-state index contributed by atoms with van der Waals surface area (Å²) in [6.45, 7) is 9.45. The first-order chi connectivity index (χ1) is 3.31. The van der Waals surface area contributed by atoms with Crippen LogP contribution in [0.2, 0.25) is 0 Å². The highest BCUT2D eigenvalue weighted by Crippen LogP contribution is 1.97. The van der Waals surface area contributed by atoms with E-state index < -0.39 is 0 Å². The summed E-state index contributed by atoms with van der Waals surface area (Å²) in [6.07, 6.45) is 3.89. The lowest BCUT2D eigenvalue weighted by atomic mass is 10.2. The van der Waals surface area contributed by atoms with Crippen molar-refractivity contribution in [2.75, 3.05) is 0 Å². The highest BCUT2D eigenvalue weighted by molar-refractivity contribution is 4.98. The van der Waals surface area contributed by atoms with Crippen LogP contribution in [0.5, 0.6) is 0 Å². The molecule has 0 heteroatoms. The highest BCUT2D eigenvalue weighted by atomic mass is 13.8. The van der Waals surface area contributed by atoms with E-state index in [2.05, 4.69) is 26.8 Å². The van der Waals surface area contributed by atoms with Crippen LogP contribution in [0.1, 0.15) is 19.8 Å². The molecule has 0 saturated carbocycles. The van der Waals surface area contributed by atoms with Crippen molar-refractivity contribution in [2.24, 2.45) is 0 Å². The van der Waals surface area contributed by atoms with E-state index in [1.54, 1.807) is 0 Å². The van der Waals surface area contributed by atoms with Crippen molar-refractivity contribution in [1.29, 1.82) is 0 Å². The zero-order chi connectivity index (χ0) is 5.70. The first-order valence-electron chi connectivity index (χ1n) is 2.55. The predicted molar refractivity (Wildman–Crippen MR) is 33.7 cm³/mol. The Balaban J connectivity index is 3.29. The van der Waals surface area contributed by atoms with E-state index in [9.17, 15) is 0 Å². The standard InChI is InChI=1S/C7H12/c1-4-6-7(3)5-2/h6H,1-2,4-5H2,3H3. The molecule has 7 heavy (non-hydrogen) atoms. The van der Waals surface area contributed by atoms with Gasteiger partial charge in [-0.2, -0.15) is 0 Å². The molecule has 0 N–H and O–H groups in total. The van der Waals surface area contributed by atoms with Gasteiger partial charge in [0, 0.05) is 0 Å². The van der Waals surface area contributed by atoms with E-state index in [4.69, 9.17) is 0 Å². The van der Waals surface area contributed by atoms with Gasteiger partial charge in [0.05, 0.1) is 0 Å². The molecule has 0 nitrogen and oxygen atoms in total. The molecule has 0 aromatic rings. The molecule has 40 valence electrons. The maximum Gasteiger partial charge on any atom is -0.0323 e. The van der Waals surface area contributed by atoms with Crippen LogP contribution in [0.4, 0.5) is 0 Å². The average molecular weight is 96.2 g/mol. The molecule has 0 aliphatic rings. The fourth-order valence-corrected chi connectivity index (χ4v) is 0.348. The molecule has 0 aliphatic heterocycles. The molecule has 0 fully saturated rings. The van der Waals surface area contributed by atoms with Crippen LogP contribution in [-0.2, 0) is 0 Å². The first kappa shape index (κ1) is 6.74. The minimum Gasteiger partial charge on any atom is -0.0856 e. The molecule has 0 aromatic carbocycles. The first-order valence-corrected chi connectivity index (χ1v) is 2.55. The molecule has 0 saturated heterocycles. The van der Waals surface area contributed by atoms with Crippen molar-refractivity contribution in [3.8, 4) is 0 Å². The summed E-state index contributed by atoms with van der Waals surface area (Å²) in [4.78, 5) is 0. The van der Waals surface area contributed by atoms with Crippen LogP contribution in [0, 0.1) is 13.8 Å². The minimum atomic E-state index is 0.890. The molecule has 0 bridgehead atoms. The summed E-state index contributed by atoms with van der Waals surface area (Å²) < 4.78 is 0. The van der Waals surface area contributed by atoms with Gasteiger partial charge in [-0.25, -0.2) is 0 Å². The third kappa shape index (κ3) is 3.57. The van der Waals surface area contributed by atoms with Crippen LogP contribution < -0.4 is 0 Å². The van der Waals surface area contributed by atoms with Gasteiger partial charge < -0.3 is 0 Å². The van der Waals surface area contributed by atoms with Gasteiger partial charge in [-0.3, -0.25) is 0 Å². The van der Waals surface area contributed by atoms with E-state index in [-0.39, 0.29) is 0 Å². The molecule has 0 aliphatic carbocycles. The van der Waals surface area contributed by atoms with Gasteiger partial charge in [0.25, 0.3) is 0 Å². The number of allylic oxidation sites excluding steroid dienone is 2. The van der Waals surface area contributed by atoms with Gasteiger partial charge in [0.1, 0.15) is 0 Å². The largest absolute Gasteiger partial charge is 0.0856 e. The summed E-state index contributed by atoms with van der Waals surface area (Å²) in [6, 6.07) is 0. The third-order valence-corrected chi connectivity index (χ3v) is 0.887. The Morgan fingerprint density at radius 3 is 2.29 bits per heavy atom. The Morgan fingerprint density at radius 1 is 1.57 bits per heavy atom. The Bertz CT molecular complexity index is 60.4. The van der Waals surface area contributed by atoms with Crippen molar-refractivity contribution in [3.05, 3.63) is 25.5 Å². The summed E-state index contributed by atoms with van der Waals surface area (Å²) in [5.41, 5.74) is 1.33. The topological polar surface area (TPSA) is 0 Å². The van der Waals surface area contributed by atoms with Crippen LogP contribution in [-0.4, -0.2) is 0 Å². The van der Waals surface area contributed by atoms with Gasteiger partial charge in [-0.15, -0.1) is 0 Å². The summed E-state index contributed by atoms with van der Waals surface area (Å²) >= 11 is 0. The lowest BCUT2D eigenvalue weighted by molar-refractivity contribution is 1.17. The molecule has 0 atom stereocenters. The summed E-state index contributed by atoms with van der Waals surface area (Å²) in [7, 11) is 0. The molecule has 2 radical (unpaired) electrons. The molecule has 0 aromatic heterocycles. The lowest BCUT2D eigenvalue weighted by Gasteiger charge is -1.88. The second-order valence-corrected chi connectivity index (χ2v) is 1.59.